The largest absolute Gasteiger partial charge is 0.426 e. The molecule has 2 nitrogen and oxygen atoms in total. The van der Waals surface area contributed by atoms with Crippen molar-refractivity contribution in [3.8, 4) is 5.75 Å². The molecule has 0 atom stereocenters. The van der Waals surface area contributed by atoms with Crippen molar-refractivity contribution >= 4 is 28.3 Å². The van der Waals surface area contributed by atoms with E-state index in [1.807, 2.05) is 36.4 Å². The molecule has 0 aliphatic carbocycles. The number of rotatable bonds is 4. The Morgan fingerprint density at radius 1 is 1.12 bits per heavy atom. The van der Waals surface area contributed by atoms with Crippen LogP contribution in [0.2, 0.25) is 0 Å². The molecule has 0 fully saturated rings. The number of carbonyl (C=O) groups is 1. The molecule has 0 bridgehead atoms. The molecular formula is C14H13ClO2. The third kappa shape index (κ3) is 2.98. The van der Waals surface area contributed by atoms with Gasteiger partial charge in [0.05, 0.1) is 0 Å². The van der Waals surface area contributed by atoms with E-state index in [1.54, 1.807) is 6.07 Å². The lowest BCUT2D eigenvalue weighted by atomic mass is 10.1. The average Bonchev–Trinajstić information content (AvgIpc) is 2.37. The Hall–Kier alpha value is -1.54. The minimum Gasteiger partial charge on any atom is -0.426 e. The molecule has 0 amide bonds. The Kier molecular flexibility index (Phi) is 3.99. The van der Waals surface area contributed by atoms with Crippen LogP contribution >= 0.6 is 11.6 Å². The molecule has 0 heterocycles. The summed E-state index contributed by atoms with van der Waals surface area (Å²) in [7, 11) is 0. The van der Waals surface area contributed by atoms with Crippen molar-refractivity contribution in [3.63, 3.8) is 0 Å². The van der Waals surface area contributed by atoms with Crippen LogP contribution in [0.15, 0.2) is 42.5 Å². The highest BCUT2D eigenvalue weighted by Gasteiger charge is 2.07. The number of alkyl halides is 1. The fourth-order valence-electron chi connectivity index (χ4n) is 1.67. The number of esters is 1. The number of carbonyl (C=O) groups excluding carboxylic acids is 1. The van der Waals surface area contributed by atoms with Crippen LogP contribution in [-0.4, -0.2) is 11.8 Å². The number of fused-ring (bicyclic) bond motifs is 1. The van der Waals surface area contributed by atoms with Crippen LogP contribution in [0.25, 0.3) is 10.8 Å². The van der Waals surface area contributed by atoms with Gasteiger partial charge in [0.1, 0.15) is 5.75 Å². The molecule has 3 heteroatoms. The number of ether oxygens (including phenoxy) is 1. The van der Waals surface area contributed by atoms with E-state index in [0.29, 0.717) is 24.5 Å². The molecule has 0 N–H and O–H groups in total. The van der Waals surface area contributed by atoms with Crippen LogP contribution in [0.4, 0.5) is 0 Å². The first-order chi connectivity index (χ1) is 8.31. The van der Waals surface area contributed by atoms with Gasteiger partial charge in [-0.25, -0.2) is 0 Å². The topological polar surface area (TPSA) is 26.3 Å². The van der Waals surface area contributed by atoms with E-state index >= 15 is 0 Å². The van der Waals surface area contributed by atoms with Gasteiger partial charge in [0.2, 0.25) is 0 Å². The maximum Gasteiger partial charge on any atom is 0.311 e. The molecule has 2 aromatic carbocycles. The first-order valence-electron chi connectivity index (χ1n) is 5.55. The SMILES string of the molecule is O=C(CCCCl)Oc1cccc2ccccc12. The van der Waals surface area contributed by atoms with Gasteiger partial charge in [0.15, 0.2) is 0 Å². The minimum atomic E-state index is -0.234. The molecule has 0 saturated carbocycles. The van der Waals surface area contributed by atoms with E-state index in [1.165, 1.54) is 0 Å². The summed E-state index contributed by atoms with van der Waals surface area (Å²) in [6.45, 7) is 0. The minimum absolute atomic E-state index is 0.234. The van der Waals surface area contributed by atoms with Gasteiger partial charge < -0.3 is 4.74 Å². The Morgan fingerprint density at radius 3 is 2.71 bits per heavy atom. The van der Waals surface area contributed by atoms with Crippen molar-refractivity contribution in [1.82, 2.24) is 0 Å². The second-order valence-electron chi connectivity index (χ2n) is 3.74. The van der Waals surface area contributed by atoms with Gasteiger partial charge in [-0.3, -0.25) is 4.79 Å². The Bertz CT molecular complexity index is 517. The van der Waals surface area contributed by atoms with Gasteiger partial charge in [-0.2, -0.15) is 0 Å². The van der Waals surface area contributed by atoms with Crippen LogP contribution in [-0.2, 0) is 4.79 Å². The lowest BCUT2D eigenvalue weighted by Gasteiger charge is -2.07. The van der Waals surface area contributed by atoms with Crippen LogP contribution in [0.5, 0.6) is 5.75 Å². The molecule has 88 valence electrons. The number of hydrogen-bond donors (Lipinski definition) is 0. The van der Waals surface area contributed by atoms with E-state index in [9.17, 15) is 4.79 Å². The quantitative estimate of drug-likeness (QED) is 0.468. The predicted molar refractivity (Wildman–Crippen MR) is 69.5 cm³/mol. The summed E-state index contributed by atoms with van der Waals surface area (Å²) in [5, 5.41) is 2.02. The Morgan fingerprint density at radius 2 is 1.88 bits per heavy atom. The summed E-state index contributed by atoms with van der Waals surface area (Å²) in [6.07, 6.45) is 0.998. The number of hydrogen-bond acceptors (Lipinski definition) is 2. The third-order valence-corrected chi connectivity index (χ3v) is 2.76. The van der Waals surface area contributed by atoms with Crippen LogP contribution in [0.3, 0.4) is 0 Å². The van der Waals surface area contributed by atoms with Gasteiger partial charge in [0, 0.05) is 17.7 Å². The number of halogens is 1. The van der Waals surface area contributed by atoms with E-state index < -0.39 is 0 Å². The third-order valence-electron chi connectivity index (χ3n) is 2.49. The van der Waals surface area contributed by atoms with Crippen LogP contribution < -0.4 is 4.74 Å². The average molecular weight is 249 g/mol. The second kappa shape index (κ2) is 5.69. The first-order valence-corrected chi connectivity index (χ1v) is 6.09. The lowest BCUT2D eigenvalue weighted by Crippen LogP contribution is -2.07. The maximum atomic E-state index is 11.5. The smallest absolute Gasteiger partial charge is 0.311 e. The summed E-state index contributed by atoms with van der Waals surface area (Å²) in [4.78, 5) is 11.5. The zero-order valence-electron chi connectivity index (χ0n) is 9.36. The molecule has 2 rings (SSSR count). The molecule has 0 aliphatic heterocycles. The van der Waals surface area contributed by atoms with Crippen LogP contribution in [0.1, 0.15) is 12.8 Å². The highest BCUT2D eigenvalue weighted by atomic mass is 35.5. The van der Waals surface area contributed by atoms with Crippen molar-refractivity contribution in [2.45, 2.75) is 12.8 Å². The van der Waals surface area contributed by atoms with Gasteiger partial charge in [-0.1, -0.05) is 36.4 Å². The fraction of sp³-hybridized carbons (Fsp3) is 0.214. The second-order valence-corrected chi connectivity index (χ2v) is 4.12. The van der Waals surface area contributed by atoms with E-state index in [4.69, 9.17) is 16.3 Å². The van der Waals surface area contributed by atoms with E-state index in [0.717, 1.165) is 10.8 Å². The molecular weight excluding hydrogens is 236 g/mol. The summed E-state index contributed by atoms with van der Waals surface area (Å²) in [5.41, 5.74) is 0. The molecule has 17 heavy (non-hydrogen) atoms. The number of benzene rings is 2. The zero-order valence-corrected chi connectivity index (χ0v) is 10.1. The molecule has 0 saturated heterocycles. The van der Waals surface area contributed by atoms with Crippen molar-refractivity contribution in [3.05, 3.63) is 42.5 Å². The predicted octanol–water partition coefficient (Wildman–Crippen LogP) is 3.76. The Balaban J connectivity index is 2.21. The van der Waals surface area contributed by atoms with E-state index in [2.05, 4.69) is 0 Å². The summed E-state index contributed by atoms with van der Waals surface area (Å²) < 4.78 is 5.33. The fourth-order valence-corrected chi connectivity index (χ4v) is 1.80. The van der Waals surface area contributed by atoms with E-state index in [-0.39, 0.29) is 5.97 Å². The van der Waals surface area contributed by atoms with Crippen molar-refractivity contribution in [2.24, 2.45) is 0 Å². The summed E-state index contributed by atoms with van der Waals surface area (Å²) >= 11 is 5.54. The highest BCUT2D eigenvalue weighted by Crippen LogP contribution is 2.25. The summed E-state index contributed by atoms with van der Waals surface area (Å²) in [6, 6.07) is 13.5. The highest BCUT2D eigenvalue weighted by molar-refractivity contribution is 6.17. The van der Waals surface area contributed by atoms with Crippen molar-refractivity contribution in [2.75, 3.05) is 5.88 Å². The summed E-state index contributed by atoms with van der Waals surface area (Å²) in [5.74, 6) is 0.856. The standard InChI is InChI=1S/C14H13ClO2/c15-10-4-9-14(16)17-13-8-3-6-11-5-1-2-7-12(11)13/h1-3,5-8H,4,9-10H2. The van der Waals surface area contributed by atoms with Gasteiger partial charge >= 0.3 is 5.97 Å². The lowest BCUT2D eigenvalue weighted by molar-refractivity contribution is -0.134. The molecule has 2 aromatic rings. The van der Waals surface area contributed by atoms with Gasteiger partial charge in [0.25, 0.3) is 0 Å². The monoisotopic (exact) mass is 248 g/mol. The normalized spacial score (nSPS) is 10.4. The van der Waals surface area contributed by atoms with Gasteiger partial charge in [-0.05, 0) is 17.9 Å². The van der Waals surface area contributed by atoms with Gasteiger partial charge in [-0.15, -0.1) is 11.6 Å². The van der Waals surface area contributed by atoms with Crippen LogP contribution in [0, 0.1) is 0 Å². The zero-order chi connectivity index (χ0) is 12.1. The molecule has 0 aromatic heterocycles. The Labute approximate surface area is 105 Å². The molecule has 0 aliphatic rings. The van der Waals surface area contributed by atoms with Crippen molar-refractivity contribution in [1.29, 1.82) is 0 Å². The molecule has 0 unspecified atom stereocenters. The maximum absolute atomic E-state index is 11.5. The molecule has 0 radical (unpaired) electrons. The first kappa shape index (κ1) is 11.9. The molecule has 0 spiro atoms. The van der Waals surface area contributed by atoms with Crippen molar-refractivity contribution < 1.29 is 9.53 Å².